The summed E-state index contributed by atoms with van der Waals surface area (Å²) in [6.45, 7) is 7.23. The molecule has 1 heterocycles. The van der Waals surface area contributed by atoms with Crippen molar-refractivity contribution in [3.05, 3.63) is 53.5 Å². The Kier molecular flexibility index (Phi) is 9.57. The molecule has 1 aromatic carbocycles. The molecular weight excluding hydrogens is 372 g/mol. The maximum atomic E-state index is 11.9. The molecule has 2 rings (SSSR count). The van der Waals surface area contributed by atoms with Gasteiger partial charge >= 0.3 is 0 Å². The second-order valence-corrected chi connectivity index (χ2v) is 6.31. The average Bonchev–Trinajstić information content (AvgIpc) is 3.25. The van der Waals surface area contributed by atoms with E-state index in [1.54, 1.807) is 19.2 Å². The van der Waals surface area contributed by atoms with Crippen molar-refractivity contribution >= 4 is 11.9 Å². The van der Waals surface area contributed by atoms with Crippen molar-refractivity contribution in [2.75, 3.05) is 40.0 Å². The number of carbonyl (C=O) groups is 1. The van der Waals surface area contributed by atoms with Crippen LogP contribution in [0.25, 0.3) is 0 Å². The number of amides is 1. The van der Waals surface area contributed by atoms with Crippen LogP contribution in [0, 0.1) is 6.92 Å². The normalized spacial score (nSPS) is 11.2. The molecule has 0 radical (unpaired) electrons. The number of furan rings is 1. The number of ether oxygens (including phenoxy) is 2. The van der Waals surface area contributed by atoms with Gasteiger partial charge in [-0.2, -0.15) is 0 Å². The molecule has 8 heteroatoms. The van der Waals surface area contributed by atoms with Gasteiger partial charge in [0.15, 0.2) is 11.7 Å². The van der Waals surface area contributed by atoms with Crippen LogP contribution >= 0.6 is 0 Å². The van der Waals surface area contributed by atoms with E-state index in [1.807, 2.05) is 32.0 Å². The highest BCUT2D eigenvalue weighted by molar-refractivity contribution is 5.91. The lowest BCUT2D eigenvalue weighted by Gasteiger charge is -2.14. The first kappa shape index (κ1) is 22.3. The summed E-state index contributed by atoms with van der Waals surface area (Å²) in [5.74, 6) is 1.54. The van der Waals surface area contributed by atoms with Gasteiger partial charge in [0.25, 0.3) is 5.91 Å². The number of rotatable bonds is 11. The summed E-state index contributed by atoms with van der Waals surface area (Å²) in [7, 11) is 1.65. The smallest absolute Gasteiger partial charge is 0.287 e. The van der Waals surface area contributed by atoms with E-state index in [0.717, 1.165) is 23.4 Å². The number of hydrogen-bond donors (Lipinski definition) is 3. The van der Waals surface area contributed by atoms with Crippen LogP contribution < -0.4 is 20.7 Å². The molecule has 0 bridgehead atoms. The number of guanidine groups is 1. The Bertz CT molecular complexity index is 775. The van der Waals surface area contributed by atoms with Gasteiger partial charge in [0, 0.05) is 32.3 Å². The van der Waals surface area contributed by atoms with E-state index in [4.69, 9.17) is 13.9 Å². The summed E-state index contributed by atoms with van der Waals surface area (Å²) in [5, 5.41) is 9.20. The Morgan fingerprint density at radius 2 is 1.97 bits per heavy atom. The second kappa shape index (κ2) is 12.5. The lowest BCUT2D eigenvalue weighted by atomic mass is 10.1. The van der Waals surface area contributed by atoms with Crippen molar-refractivity contribution in [1.29, 1.82) is 0 Å². The van der Waals surface area contributed by atoms with Crippen molar-refractivity contribution in [3.8, 4) is 5.75 Å². The second-order valence-electron chi connectivity index (χ2n) is 6.31. The maximum Gasteiger partial charge on any atom is 0.287 e. The minimum absolute atomic E-state index is 0.240. The quantitative estimate of drug-likeness (QED) is 0.303. The van der Waals surface area contributed by atoms with E-state index < -0.39 is 0 Å². The summed E-state index contributed by atoms with van der Waals surface area (Å²) in [4.78, 5) is 16.5. The zero-order chi connectivity index (χ0) is 20.9. The lowest BCUT2D eigenvalue weighted by molar-refractivity contribution is 0.0926. The zero-order valence-electron chi connectivity index (χ0n) is 17.3. The fourth-order valence-electron chi connectivity index (χ4n) is 2.52. The predicted molar refractivity (Wildman–Crippen MR) is 112 cm³/mol. The van der Waals surface area contributed by atoms with Crippen molar-refractivity contribution in [2.24, 2.45) is 4.99 Å². The molecule has 0 aliphatic heterocycles. The molecule has 0 fully saturated rings. The summed E-state index contributed by atoms with van der Waals surface area (Å²) in [5.41, 5.74) is 2.12. The SMILES string of the molecule is CCNC(=NCc1ccc(C)cc1OCCOC)NCCNC(=O)c1ccco1. The Labute approximate surface area is 171 Å². The number of nitrogens with zero attached hydrogens (tertiary/aromatic N) is 1. The van der Waals surface area contributed by atoms with E-state index in [-0.39, 0.29) is 5.91 Å². The summed E-state index contributed by atoms with van der Waals surface area (Å²) in [6, 6.07) is 9.38. The summed E-state index contributed by atoms with van der Waals surface area (Å²) >= 11 is 0. The van der Waals surface area contributed by atoms with Crippen LogP contribution in [0.4, 0.5) is 0 Å². The Hall–Kier alpha value is -3.00. The first-order valence-corrected chi connectivity index (χ1v) is 9.69. The molecule has 0 aliphatic carbocycles. The van der Waals surface area contributed by atoms with Crippen LogP contribution in [-0.4, -0.2) is 51.8 Å². The molecule has 3 N–H and O–H groups in total. The first-order chi connectivity index (χ1) is 14.1. The van der Waals surface area contributed by atoms with Gasteiger partial charge in [-0.25, -0.2) is 4.99 Å². The van der Waals surface area contributed by atoms with Crippen LogP contribution in [0.5, 0.6) is 5.75 Å². The van der Waals surface area contributed by atoms with Crippen molar-refractivity contribution in [2.45, 2.75) is 20.4 Å². The van der Waals surface area contributed by atoms with Gasteiger partial charge in [0.1, 0.15) is 12.4 Å². The van der Waals surface area contributed by atoms with E-state index >= 15 is 0 Å². The third kappa shape index (κ3) is 7.87. The fraction of sp³-hybridized carbons (Fsp3) is 0.429. The topological polar surface area (TPSA) is 97.1 Å². The Morgan fingerprint density at radius 1 is 1.14 bits per heavy atom. The maximum absolute atomic E-state index is 11.9. The predicted octanol–water partition coefficient (Wildman–Crippen LogP) is 2.10. The molecule has 0 atom stereocenters. The van der Waals surface area contributed by atoms with E-state index in [2.05, 4.69) is 20.9 Å². The Balaban J connectivity index is 1.88. The highest BCUT2D eigenvalue weighted by Gasteiger charge is 2.08. The van der Waals surface area contributed by atoms with Crippen LogP contribution in [0.1, 0.15) is 28.6 Å². The molecule has 158 valence electrons. The van der Waals surface area contributed by atoms with Gasteiger partial charge < -0.3 is 29.8 Å². The van der Waals surface area contributed by atoms with E-state index in [9.17, 15) is 4.79 Å². The molecule has 8 nitrogen and oxygen atoms in total. The van der Waals surface area contributed by atoms with Crippen LogP contribution in [-0.2, 0) is 11.3 Å². The standard InChI is InChI=1S/C21H30N4O4/c1-4-22-21(24-10-9-23-20(26)18-6-5-11-28-18)25-15-17-8-7-16(2)14-19(17)29-13-12-27-3/h5-8,11,14H,4,9-10,12-13,15H2,1-3H3,(H,23,26)(H2,22,24,25). The summed E-state index contributed by atoms with van der Waals surface area (Å²) < 4.78 is 15.9. The summed E-state index contributed by atoms with van der Waals surface area (Å²) in [6.07, 6.45) is 1.47. The van der Waals surface area contributed by atoms with Gasteiger partial charge in [-0.15, -0.1) is 0 Å². The number of hydrogen-bond acceptors (Lipinski definition) is 5. The number of nitrogens with one attached hydrogen (secondary N) is 3. The van der Waals surface area contributed by atoms with Crippen LogP contribution in [0.15, 0.2) is 46.0 Å². The number of carbonyl (C=O) groups excluding carboxylic acids is 1. The molecule has 0 unspecified atom stereocenters. The van der Waals surface area contributed by atoms with Gasteiger partial charge in [-0.3, -0.25) is 4.79 Å². The average molecular weight is 402 g/mol. The molecular formula is C21H30N4O4. The van der Waals surface area contributed by atoms with Crippen molar-refractivity contribution < 1.29 is 18.7 Å². The number of aryl methyl sites for hydroxylation is 1. The minimum atomic E-state index is -0.240. The van der Waals surface area contributed by atoms with E-state index in [0.29, 0.717) is 44.6 Å². The molecule has 2 aromatic rings. The fourth-order valence-corrected chi connectivity index (χ4v) is 2.52. The Morgan fingerprint density at radius 3 is 2.69 bits per heavy atom. The number of methoxy groups -OCH3 is 1. The van der Waals surface area contributed by atoms with Gasteiger partial charge in [-0.1, -0.05) is 12.1 Å². The lowest BCUT2D eigenvalue weighted by Crippen LogP contribution is -2.41. The number of aliphatic imine (C=N–C) groups is 1. The van der Waals surface area contributed by atoms with Crippen molar-refractivity contribution in [3.63, 3.8) is 0 Å². The highest BCUT2D eigenvalue weighted by Crippen LogP contribution is 2.21. The molecule has 1 amide bonds. The van der Waals surface area contributed by atoms with Crippen LogP contribution in [0.3, 0.4) is 0 Å². The van der Waals surface area contributed by atoms with Gasteiger partial charge in [0.2, 0.25) is 0 Å². The zero-order valence-corrected chi connectivity index (χ0v) is 17.3. The monoisotopic (exact) mass is 402 g/mol. The molecule has 0 spiro atoms. The van der Waals surface area contributed by atoms with E-state index in [1.165, 1.54) is 6.26 Å². The molecule has 0 saturated carbocycles. The molecule has 0 aliphatic rings. The molecule has 29 heavy (non-hydrogen) atoms. The molecule has 1 aromatic heterocycles. The molecule has 0 saturated heterocycles. The highest BCUT2D eigenvalue weighted by atomic mass is 16.5. The minimum Gasteiger partial charge on any atom is -0.491 e. The van der Waals surface area contributed by atoms with Gasteiger partial charge in [-0.05, 0) is 37.6 Å². The largest absolute Gasteiger partial charge is 0.491 e. The first-order valence-electron chi connectivity index (χ1n) is 9.69. The third-order valence-corrected chi connectivity index (χ3v) is 3.97. The van der Waals surface area contributed by atoms with Crippen LogP contribution in [0.2, 0.25) is 0 Å². The third-order valence-electron chi connectivity index (χ3n) is 3.97. The van der Waals surface area contributed by atoms with Gasteiger partial charge in [0.05, 0.1) is 19.4 Å². The number of benzene rings is 1. The van der Waals surface area contributed by atoms with Crippen molar-refractivity contribution in [1.82, 2.24) is 16.0 Å².